The maximum Gasteiger partial charge on any atom is 0.160 e. The van der Waals surface area contributed by atoms with Crippen molar-refractivity contribution in [3.05, 3.63) is 29.8 Å². The lowest BCUT2D eigenvalue weighted by Crippen LogP contribution is -2.00. The number of anilines is 1. The Morgan fingerprint density at radius 3 is 3.00 bits per heavy atom. The normalized spacial score (nSPS) is 11.2. The third-order valence-corrected chi connectivity index (χ3v) is 3.78. The molecule has 0 fully saturated rings. The van der Waals surface area contributed by atoms with Crippen molar-refractivity contribution < 1.29 is 0 Å². The minimum Gasteiger partial charge on any atom is -0.397 e. The minimum atomic E-state index is 0.785. The molecule has 0 aromatic carbocycles. The Morgan fingerprint density at radius 1 is 1.39 bits per heavy atom. The summed E-state index contributed by atoms with van der Waals surface area (Å²) in [4.78, 5) is 10.1. The first-order chi connectivity index (χ1) is 8.81. The van der Waals surface area contributed by atoms with Crippen LogP contribution in [0.2, 0.25) is 0 Å². The predicted octanol–water partition coefficient (Wildman–Crippen LogP) is 3.15. The van der Waals surface area contributed by atoms with Crippen LogP contribution >= 0.6 is 11.3 Å². The molecule has 4 nitrogen and oxygen atoms in total. The van der Waals surface area contributed by atoms with Gasteiger partial charge in [-0.05, 0) is 30.0 Å². The first kappa shape index (κ1) is 11.2. The van der Waals surface area contributed by atoms with Gasteiger partial charge in [0.15, 0.2) is 11.5 Å². The monoisotopic (exact) mass is 258 g/mol. The van der Waals surface area contributed by atoms with Crippen LogP contribution in [0.15, 0.2) is 29.8 Å². The fourth-order valence-corrected chi connectivity index (χ4v) is 2.88. The lowest BCUT2D eigenvalue weighted by molar-refractivity contribution is 0.699. The van der Waals surface area contributed by atoms with E-state index in [0.29, 0.717) is 0 Å². The molecule has 3 aromatic rings. The third kappa shape index (κ3) is 1.67. The van der Waals surface area contributed by atoms with Gasteiger partial charge in [0.2, 0.25) is 0 Å². The Morgan fingerprint density at radius 2 is 2.28 bits per heavy atom. The van der Waals surface area contributed by atoms with Gasteiger partial charge in [0, 0.05) is 12.7 Å². The van der Waals surface area contributed by atoms with E-state index in [1.807, 2.05) is 23.6 Å². The number of nitrogen functional groups attached to an aromatic ring is 1. The van der Waals surface area contributed by atoms with E-state index >= 15 is 0 Å². The number of hydrogen-bond acceptors (Lipinski definition) is 4. The van der Waals surface area contributed by atoms with Crippen LogP contribution in [0.1, 0.15) is 13.3 Å². The van der Waals surface area contributed by atoms with Crippen molar-refractivity contribution in [2.75, 3.05) is 5.73 Å². The standard InChI is InChI=1S/C13H14N4S/c1-2-7-17-12-10(4-3-6-15-12)16-13(17)11-9(14)5-8-18-11/h3-6,8H,2,7,14H2,1H3. The average molecular weight is 258 g/mol. The zero-order chi connectivity index (χ0) is 12.5. The molecule has 0 amide bonds. The zero-order valence-corrected chi connectivity index (χ0v) is 10.9. The number of thiophene rings is 1. The summed E-state index contributed by atoms with van der Waals surface area (Å²) in [6, 6.07) is 5.82. The Labute approximate surface area is 109 Å². The Balaban J connectivity index is 2.28. The van der Waals surface area contributed by atoms with Crippen molar-refractivity contribution in [1.82, 2.24) is 14.5 Å². The molecule has 2 N–H and O–H groups in total. The Kier molecular flexibility index (Phi) is 2.76. The smallest absolute Gasteiger partial charge is 0.160 e. The van der Waals surface area contributed by atoms with Crippen LogP contribution < -0.4 is 5.73 Å². The molecule has 0 spiro atoms. The first-order valence-electron chi connectivity index (χ1n) is 5.96. The van der Waals surface area contributed by atoms with E-state index in [-0.39, 0.29) is 0 Å². The molecular weight excluding hydrogens is 244 g/mol. The van der Waals surface area contributed by atoms with Crippen LogP contribution in [0.25, 0.3) is 21.9 Å². The van der Waals surface area contributed by atoms with Crippen LogP contribution in [0.3, 0.4) is 0 Å². The number of hydrogen-bond donors (Lipinski definition) is 1. The Hall–Kier alpha value is -1.88. The summed E-state index contributed by atoms with van der Waals surface area (Å²) in [7, 11) is 0. The molecule has 3 rings (SSSR count). The lowest BCUT2D eigenvalue weighted by Gasteiger charge is -2.05. The summed E-state index contributed by atoms with van der Waals surface area (Å²) in [5, 5.41) is 1.99. The molecule has 0 aliphatic rings. The predicted molar refractivity (Wildman–Crippen MR) is 75.5 cm³/mol. The van der Waals surface area contributed by atoms with Crippen molar-refractivity contribution in [1.29, 1.82) is 0 Å². The molecule has 18 heavy (non-hydrogen) atoms. The maximum atomic E-state index is 6.00. The number of imidazole rings is 1. The SMILES string of the molecule is CCCn1c(-c2sccc2N)nc2cccnc21. The molecule has 0 unspecified atom stereocenters. The quantitative estimate of drug-likeness (QED) is 0.785. The van der Waals surface area contributed by atoms with Crippen molar-refractivity contribution in [2.24, 2.45) is 0 Å². The summed E-state index contributed by atoms with van der Waals surface area (Å²) in [5.74, 6) is 0.929. The van der Waals surface area contributed by atoms with Crippen molar-refractivity contribution >= 4 is 28.2 Å². The second-order valence-electron chi connectivity index (χ2n) is 4.14. The number of fused-ring (bicyclic) bond motifs is 1. The highest BCUT2D eigenvalue weighted by atomic mass is 32.1. The third-order valence-electron chi connectivity index (χ3n) is 2.85. The highest BCUT2D eigenvalue weighted by molar-refractivity contribution is 7.14. The van der Waals surface area contributed by atoms with Crippen molar-refractivity contribution in [2.45, 2.75) is 19.9 Å². The molecule has 0 saturated carbocycles. The number of rotatable bonds is 3. The van der Waals surface area contributed by atoms with Gasteiger partial charge in [-0.1, -0.05) is 6.92 Å². The van der Waals surface area contributed by atoms with E-state index < -0.39 is 0 Å². The molecule has 0 saturated heterocycles. The van der Waals surface area contributed by atoms with E-state index in [1.165, 1.54) is 0 Å². The van der Waals surface area contributed by atoms with E-state index in [1.54, 1.807) is 17.5 Å². The molecule has 0 radical (unpaired) electrons. The molecular formula is C13H14N4S. The van der Waals surface area contributed by atoms with Gasteiger partial charge < -0.3 is 10.3 Å². The second-order valence-corrected chi connectivity index (χ2v) is 5.05. The molecule has 92 valence electrons. The number of pyridine rings is 1. The molecule has 5 heteroatoms. The summed E-state index contributed by atoms with van der Waals surface area (Å²) in [5.41, 5.74) is 8.64. The van der Waals surface area contributed by atoms with Crippen LogP contribution in [-0.2, 0) is 6.54 Å². The minimum absolute atomic E-state index is 0.785. The fourth-order valence-electron chi connectivity index (χ4n) is 2.07. The van der Waals surface area contributed by atoms with Crippen molar-refractivity contribution in [3.8, 4) is 10.7 Å². The Bertz CT molecular complexity index is 683. The summed E-state index contributed by atoms with van der Waals surface area (Å²) in [6.45, 7) is 3.05. The van der Waals surface area contributed by atoms with Crippen molar-refractivity contribution in [3.63, 3.8) is 0 Å². The second kappa shape index (κ2) is 4.42. The van der Waals surface area contributed by atoms with Gasteiger partial charge in [-0.3, -0.25) is 0 Å². The first-order valence-corrected chi connectivity index (χ1v) is 6.84. The number of aryl methyl sites for hydroxylation is 1. The molecule has 0 atom stereocenters. The van der Waals surface area contributed by atoms with E-state index in [0.717, 1.165) is 40.5 Å². The van der Waals surface area contributed by atoms with Crippen LogP contribution in [0.4, 0.5) is 5.69 Å². The van der Waals surface area contributed by atoms with E-state index in [9.17, 15) is 0 Å². The molecule has 3 heterocycles. The highest BCUT2D eigenvalue weighted by Gasteiger charge is 2.15. The van der Waals surface area contributed by atoms with Gasteiger partial charge in [0.05, 0.1) is 10.6 Å². The molecule has 0 bridgehead atoms. The fraction of sp³-hybridized carbons (Fsp3) is 0.231. The van der Waals surface area contributed by atoms with E-state index in [2.05, 4.69) is 21.5 Å². The maximum absolute atomic E-state index is 6.00. The number of aromatic nitrogens is 3. The summed E-state index contributed by atoms with van der Waals surface area (Å²) < 4.78 is 2.15. The topological polar surface area (TPSA) is 56.7 Å². The average Bonchev–Trinajstić information content (AvgIpc) is 2.94. The van der Waals surface area contributed by atoms with Gasteiger partial charge >= 0.3 is 0 Å². The lowest BCUT2D eigenvalue weighted by atomic mass is 10.3. The van der Waals surface area contributed by atoms with Crippen LogP contribution in [-0.4, -0.2) is 14.5 Å². The van der Waals surface area contributed by atoms with Crippen LogP contribution in [0, 0.1) is 0 Å². The van der Waals surface area contributed by atoms with E-state index in [4.69, 9.17) is 5.73 Å². The van der Waals surface area contributed by atoms with Gasteiger partial charge in [-0.15, -0.1) is 11.3 Å². The summed E-state index contributed by atoms with van der Waals surface area (Å²) >= 11 is 1.62. The molecule has 0 aliphatic carbocycles. The molecule has 0 aliphatic heterocycles. The van der Waals surface area contributed by atoms with Gasteiger partial charge in [0.1, 0.15) is 5.52 Å². The zero-order valence-electron chi connectivity index (χ0n) is 10.1. The number of nitrogens with zero attached hydrogens (tertiary/aromatic N) is 3. The van der Waals surface area contributed by atoms with Crippen LogP contribution in [0.5, 0.6) is 0 Å². The number of nitrogens with two attached hydrogens (primary N) is 1. The summed E-state index contributed by atoms with van der Waals surface area (Å²) in [6.07, 6.45) is 2.85. The largest absolute Gasteiger partial charge is 0.397 e. The molecule has 3 aromatic heterocycles. The highest BCUT2D eigenvalue weighted by Crippen LogP contribution is 2.32. The van der Waals surface area contributed by atoms with Gasteiger partial charge in [-0.2, -0.15) is 0 Å². The van der Waals surface area contributed by atoms with Gasteiger partial charge in [0.25, 0.3) is 0 Å². The van der Waals surface area contributed by atoms with Gasteiger partial charge in [-0.25, -0.2) is 9.97 Å².